The first-order chi connectivity index (χ1) is 8.91. The molecule has 1 amide bonds. The highest BCUT2D eigenvalue weighted by atomic mass is 32.2. The summed E-state index contributed by atoms with van der Waals surface area (Å²) in [5.74, 6) is -0.328. The van der Waals surface area contributed by atoms with Crippen LogP contribution in [0.1, 0.15) is 12.5 Å². The molecule has 0 saturated carbocycles. The van der Waals surface area contributed by atoms with Crippen LogP contribution < -0.4 is 5.32 Å². The summed E-state index contributed by atoms with van der Waals surface area (Å²) in [5.41, 5.74) is 1.04. The molecule has 1 N–H and O–H groups in total. The van der Waals surface area contributed by atoms with Crippen molar-refractivity contribution in [1.82, 2.24) is 8.96 Å². The fourth-order valence-corrected chi connectivity index (χ4v) is 2.99. The van der Waals surface area contributed by atoms with E-state index in [9.17, 15) is 13.2 Å². The Hall–Kier alpha value is -2.15. The van der Waals surface area contributed by atoms with Crippen LogP contribution in [-0.2, 0) is 14.8 Å². The summed E-state index contributed by atoms with van der Waals surface area (Å²) in [6.45, 7) is 3.11. The lowest BCUT2D eigenvalue weighted by molar-refractivity contribution is -0.114. The van der Waals surface area contributed by atoms with Crippen LogP contribution in [-0.4, -0.2) is 23.3 Å². The third-order valence-electron chi connectivity index (χ3n) is 2.48. The number of aromatic nitrogens is 2. The van der Waals surface area contributed by atoms with Crippen LogP contribution in [0.15, 0.2) is 41.8 Å². The summed E-state index contributed by atoms with van der Waals surface area (Å²) in [6.07, 6.45) is 3.93. The summed E-state index contributed by atoms with van der Waals surface area (Å²) in [6, 6.07) is 4.82. The zero-order chi connectivity index (χ0) is 14.0. The van der Waals surface area contributed by atoms with Gasteiger partial charge in [0.05, 0.1) is 5.69 Å². The lowest BCUT2D eigenvalue weighted by atomic mass is 10.2. The van der Waals surface area contributed by atoms with Crippen LogP contribution in [0, 0.1) is 6.92 Å². The average molecular weight is 279 g/mol. The fourth-order valence-electron chi connectivity index (χ4n) is 1.64. The molecule has 7 heteroatoms. The summed E-state index contributed by atoms with van der Waals surface area (Å²) in [4.78, 5) is 14.9. The Kier molecular flexibility index (Phi) is 3.39. The molecule has 0 aliphatic carbocycles. The van der Waals surface area contributed by atoms with Gasteiger partial charge in [-0.1, -0.05) is 6.07 Å². The van der Waals surface area contributed by atoms with E-state index in [0.717, 1.165) is 9.54 Å². The second kappa shape index (κ2) is 4.85. The highest BCUT2D eigenvalue weighted by Gasteiger charge is 2.21. The number of anilines is 1. The van der Waals surface area contributed by atoms with Crippen LogP contribution in [0.2, 0.25) is 0 Å². The van der Waals surface area contributed by atoms with Gasteiger partial charge in [-0.2, -0.15) is 0 Å². The molecule has 0 aliphatic heterocycles. The van der Waals surface area contributed by atoms with E-state index in [-0.39, 0.29) is 16.5 Å². The van der Waals surface area contributed by atoms with E-state index >= 15 is 0 Å². The van der Waals surface area contributed by atoms with Gasteiger partial charge < -0.3 is 5.32 Å². The van der Waals surface area contributed by atoms with Gasteiger partial charge in [0.1, 0.15) is 11.2 Å². The van der Waals surface area contributed by atoms with Gasteiger partial charge in [-0.3, -0.25) is 4.79 Å². The van der Waals surface area contributed by atoms with Crippen LogP contribution >= 0.6 is 0 Å². The second-order valence-corrected chi connectivity index (χ2v) is 5.89. The van der Waals surface area contributed by atoms with Crippen LogP contribution in [0.4, 0.5) is 5.69 Å². The quantitative estimate of drug-likeness (QED) is 0.920. The molecule has 2 rings (SSSR count). The molecule has 2 aromatic rings. The number of rotatable bonds is 3. The number of hydrogen-bond donors (Lipinski definition) is 1. The molecule has 0 radical (unpaired) electrons. The SMILES string of the molecule is CC(=O)Nc1ccc(C)cc1S(=O)(=O)n1ccnc1. The van der Waals surface area contributed by atoms with Gasteiger partial charge >= 0.3 is 0 Å². The van der Waals surface area contributed by atoms with Crippen LogP contribution in [0.3, 0.4) is 0 Å². The molecule has 1 heterocycles. The monoisotopic (exact) mass is 279 g/mol. The molecule has 1 aromatic carbocycles. The Bertz CT molecular complexity index is 706. The smallest absolute Gasteiger partial charge is 0.271 e. The summed E-state index contributed by atoms with van der Waals surface area (Å²) in [7, 11) is -3.75. The Labute approximate surface area is 111 Å². The number of aryl methyl sites for hydroxylation is 1. The Morgan fingerprint density at radius 1 is 1.37 bits per heavy atom. The molecule has 19 heavy (non-hydrogen) atoms. The van der Waals surface area contributed by atoms with Crippen LogP contribution in [0.5, 0.6) is 0 Å². The van der Waals surface area contributed by atoms with Crippen molar-refractivity contribution in [3.8, 4) is 0 Å². The molecule has 0 spiro atoms. The van der Waals surface area contributed by atoms with Crippen molar-refractivity contribution in [2.75, 3.05) is 5.32 Å². The van der Waals surface area contributed by atoms with Gasteiger partial charge in [0.25, 0.3) is 10.0 Å². The van der Waals surface area contributed by atoms with Gasteiger partial charge in [0.15, 0.2) is 0 Å². The first kappa shape index (κ1) is 13.3. The number of carbonyl (C=O) groups excluding carboxylic acids is 1. The minimum absolute atomic E-state index is 0.0423. The van der Waals surface area contributed by atoms with Gasteiger partial charge in [-0.15, -0.1) is 0 Å². The van der Waals surface area contributed by atoms with E-state index in [1.54, 1.807) is 19.1 Å². The zero-order valence-corrected chi connectivity index (χ0v) is 11.3. The van der Waals surface area contributed by atoms with E-state index in [0.29, 0.717) is 0 Å². The Morgan fingerprint density at radius 2 is 2.11 bits per heavy atom. The predicted molar refractivity (Wildman–Crippen MR) is 70.3 cm³/mol. The predicted octanol–water partition coefficient (Wildman–Crippen LogP) is 1.39. The number of hydrogen-bond acceptors (Lipinski definition) is 4. The molecule has 0 saturated heterocycles. The standard InChI is InChI=1S/C12H13N3O3S/c1-9-3-4-11(14-10(2)16)12(7-9)19(17,18)15-6-5-13-8-15/h3-8H,1-2H3,(H,14,16). The molecular formula is C12H13N3O3S. The highest BCUT2D eigenvalue weighted by Crippen LogP contribution is 2.24. The third-order valence-corrected chi connectivity index (χ3v) is 4.15. The van der Waals surface area contributed by atoms with Gasteiger partial charge in [-0.05, 0) is 24.6 Å². The van der Waals surface area contributed by atoms with Gasteiger partial charge in [-0.25, -0.2) is 17.4 Å². The van der Waals surface area contributed by atoms with Gasteiger partial charge in [0, 0.05) is 19.3 Å². The molecule has 0 aliphatic rings. The van der Waals surface area contributed by atoms with Crippen molar-refractivity contribution >= 4 is 21.6 Å². The lowest BCUT2D eigenvalue weighted by Gasteiger charge is -2.12. The third kappa shape index (κ3) is 2.65. The van der Waals surface area contributed by atoms with E-state index in [2.05, 4.69) is 10.3 Å². The molecular weight excluding hydrogens is 266 g/mol. The molecule has 100 valence electrons. The number of nitrogens with one attached hydrogen (secondary N) is 1. The van der Waals surface area contributed by atoms with Crippen molar-refractivity contribution in [2.45, 2.75) is 18.7 Å². The maximum atomic E-state index is 12.4. The minimum atomic E-state index is -3.75. The van der Waals surface area contributed by atoms with E-state index in [4.69, 9.17) is 0 Å². The molecule has 6 nitrogen and oxygen atoms in total. The normalized spacial score (nSPS) is 11.3. The summed E-state index contributed by atoms with van der Waals surface area (Å²) in [5, 5.41) is 2.52. The van der Waals surface area contributed by atoms with Crippen molar-refractivity contribution in [2.24, 2.45) is 0 Å². The van der Waals surface area contributed by atoms with Crippen molar-refractivity contribution in [3.63, 3.8) is 0 Å². The maximum absolute atomic E-state index is 12.4. The van der Waals surface area contributed by atoms with Gasteiger partial charge in [0.2, 0.25) is 5.91 Å². The van der Waals surface area contributed by atoms with E-state index in [1.807, 2.05) is 0 Å². The molecule has 0 atom stereocenters. The zero-order valence-electron chi connectivity index (χ0n) is 10.5. The topological polar surface area (TPSA) is 81.1 Å². The lowest BCUT2D eigenvalue weighted by Crippen LogP contribution is -2.16. The van der Waals surface area contributed by atoms with Crippen molar-refractivity contribution in [1.29, 1.82) is 0 Å². The Balaban J connectivity index is 2.61. The van der Waals surface area contributed by atoms with E-state index < -0.39 is 10.0 Å². The minimum Gasteiger partial charge on any atom is -0.325 e. The highest BCUT2D eigenvalue weighted by molar-refractivity contribution is 7.90. The van der Waals surface area contributed by atoms with Crippen LogP contribution in [0.25, 0.3) is 0 Å². The second-order valence-electron chi connectivity index (χ2n) is 4.08. The molecule has 0 bridgehead atoms. The van der Waals surface area contributed by atoms with E-state index in [1.165, 1.54) is 31.7 Å². The molecule has 0 fully saturated rings. The molecule has 1 aromatic heterocycles. The number of amides is 1. The first-order valence-corrected chi connectivity index (χ1v) is 6.97. The maximum Gasteiger partial charge on any atom is 0.271 e. The number of carbonyl (C=O) groups is 1. The summed E-state index contributed by atoms with van der Waals surface area (Å²) >= 11 is 0. The number of benzene rings is 1. The summed E-state index contributed by atoms with van der Waals surface area (Å²) < 4.78 is 25.8. The Morgan fingerprint density at radius 3 is 2.68 bits per heavy atom. The van der Waals surface area contributed by atoms with Crippen molar-refractivity contribution in [3.05, 3.63) is 42.5 Å². The first-order valence-electron chi connectivity index (χ1n) is 5.53. The number of nitrogens with zero attached hydrogens (tertiary/aromatic N) is 2. The average Bonchev–Trinajstić information content (AvgIpc) is 2.85. The fraction of sp³-hybridized carbons (Fsp3) is 0.167. The molecule has 0 unspecified atom stereocenters. The number of imidazole rings is 1. The van der Waals surface area contributed by atoms with Crippen molar-refractivity contribution < 1.29 is 13.2 Å². The largest absolute Gasteiger partial charge is 0.325 e.